The minimum atomic E-state index is 0.637. The van der Waals surface area contributed by atoms with Gasteiger partial charge in [-0.2, -0.15) is 5.10 Å². The molecule has 1 aromatic carbocycles. The van der Waals surface area contributed by atoms with Crippen molar-refractivity contribution < 1.29 is 0 Å². The Morgan fingerprint density at radius 2 is 1.95 bits per heavy atom. The third-order valence-corrected chi connectivity index (χ3v) is 4.26. The van der Waals surface area contributed by atoms with Crippen LogP contribution in [-0.4, -0.2) is 35.6 Å². The van der Waals surface area contributed by atoms with Gasteiger partial charge in [-0.15, -0.1) is 0 Å². The van der Waals surface area contributed by atoms with E-state index in [1.807, 2.05) is 23.1 Å². The molecule has 0 unspecified atom stereocenters. The van der Waals surface area contributed by atoms with Gasteiger partial charge in [-0.1, -0.05) is 6.07 Å². The van der Waals surface area contributed by atoms with Crippen molar-refractivity contribution in [2.45, 2.75) is 18.9 Å². The van der Waals surface area contributed by atoms with Crippen LogP contribution >= 0.6 is 0 Å². The maximum absolute atomic E-state index is 4.35. The van der Waals surface area contributed by atoms with Crippen molar-refractivity contribution >= 4 is 11.4 Å². The number of benzene rings is 1. The third-order valence-electron chi connectivity index (χ3n) is 4.26. The summed E-state index contributed by atoms with van der Waals surface area (Å²) in [6.07, 6.45) is 6.24. The van der Waals surface area contributed by atoms with Crippen molar-refractivity contribution in [1.82, 2.24) is 15.1 Å². The molecule has 0 radical (unpaired) electrons. The number of rotatable bonds is 2. The molecule has 1 aromatic heterocycles. The van der Waals surface area contributed by atoms with Crippen LogP contribution in [0.1, 0.15) is 12.8 Å². The monoisotopic (exact) mass is 269 g/mol. The molecule has 0 bridgehead atoms. The Morgan fingerprint density at radius 3 is 2.75 bits per heavy atom. The van der Waals surface area contributed by atoms with Crippen LogP contribution in [-0.2, 0) is 0 Å². The Morgan fingerprint density at radius 1 is 1.10 bits per heavy atom. The number of hydrogen-bond acceptors (Lipinski definition) is 4. The molecule has 1 fully saturated rings. The summed E-state index contributed by atoms with van der Waals surface area (Å²) in [4.78, 5) is 2.50. The summed E-state index contributed by atoms with van der Waals surface area (Å²) in [5, 5.41) is 11.3. The number of piperidine rings is 1. The van der Waals surface area contributed by atoms with Gasteiger partial charge in [0.05, 0.1) is 23.7 Å². The maximum Gasteiger partial charge on any atom is 0.0898 e. The lowest BCUT2D eigenvalue weighted by atomic mass is 10.0. The zero-order valence-electron chi connectivity index (χ0n) is 11.4. The fraction of sp³-hybridized carbons (Fsp3) is 0.400. The number of aromatic nitrogens is 2. The lowest BCUT2D eigenvalue weighted by Gasteiger charge is -2.32. The summed E-state index contributed by atoms with van der Waals surface area (Å²) in [6.45, 7) is 3.14. The standard InChI is InChI=1S/C15H19N5/c1-3-13-15(14(4-1)20-10-2-7-18-20)17-11-19(13)12-5-8-16-9-6-12/h1-4,7,10,12,16-17H,5-6,8-9,11H2. The number of fused-ring (bicyclic) bond motifs is 1. The van der Waals surface area contributed by atoms with Crippen LogP contribution in [0.15, 0.2) is 36.7 Å². The molecule has 0 aliphatic carbocycles. The van der Waals surface area contributed by atoms with Crippen LogP contribution in [0.3, 0.4) is 0 Å². The van der Waals surface area contributed by atoms with E-state index in [1.54, 1.807) is 0 Å². The SMILES string of the molecule is c1cc2c(c(-n3cccn3)c1)NCN2C1CCNCC1. The van der Waals surface area contributed by atoms with Crippen molar-refractivity contribution in [1.29, 1.82) is 0 Å². The summed E-state index contributed by atoms with van der Waals surface area (Å²) in [7, 11) is 0. The van der Waals surface area contributed by atoms with Crippen molar-refractivity contribution in [3.63, 3.8) is 0 Å². The fourth-order valence-electron chi connectivity index (χ4n) is 3.24. The van der Waals surface area contributed by atoms with Gasteiger partial charge in [0.25, 0.3) is 0 Å². The molecule has 2 aliphatic heterocycles. The lowest BCUT2D eigenvalue weighted by molar-refractivity contribution is 0.438. The lowest BCUT2D eigenvalue weighted by Crippen LogP contribution is -2.43. The zero-order chi connectivity index (χ0) is 13.4. The molecular formula is C15H19N5. The summed E-state index contributed by atoms with van der Waals surface area (Å²) < 4.78 is 1.93. The van der Waals surface area contributed by atoms with Gasteiger partial charge in [0.15, 0.2) is 0 Å². The van der Waals surface area contributed by atoms with Crippen LogP contribution in [0.5, 0.6) is 0 Å². The second-order valence-electron chi connectivity index (χ2n) is 5.41. The highest BCUT2D eigenvalue weighted by molar-refractivity contribution is 5.82. The molecule has 2 N–H and O–H groups in total. The first kappa shape index (κ1) is 11.8. The summed E-state index contributed by atoms with van der Waals surface area (Å²) in [6, 6.07) is 9.04. The number of para-hydroxylation sites is 1. The minimum absolute atomic E-state index is 0.637. The summed E-state index contributed by atoms with van der Waals surface area (Å²) >= 11 is 0. The predicted molar refractivity (Wildman–Crippen MR) is 80.4 cm³/mol. The second kappa shape index (κ2) is 4.83. The third kappa shape index (κ3) is 1.86. The largest absolute Gasteiger partial charge is 0.364 e. The van der Waals surface area contributed by atoms with Crippen LogP contribution in [0.2, 0.25) is 0 Å². The van der Waals surface area contributed by atoms with Crippen molar-refractivity contribution in [2.24, 2.45) is 0 Å². The van der Waals surface area contributed by atoms with Gasteiger partial charge in [-0.05, 0) is 44.1 Å². The van der Waals surface area contributed by atoms with Gasteiger partial charge >= 0.3 is 0 Å². The van der Waals surface area contributed by atoms with E-state index in [2.05, 4.69) is 38.8 Å². The molecule has 0 amide bonds. The summed E-state index contributed by atoms with van der Waals surface area (Å²) in [5.41, 5.74) is 3.64. The van der Waals surface area contributed by atoms with Crippen LogP contribution in [0.4, 0.5) is 11.4 Å². The van der Waals surface area contributed by atoms with Crippen LogP contribution in [0.25, 0.3) is 5.69 Å². The molecule has 5 nitrogen and oxygen atoms in total. The molecule has 20 heavy (non-hydrogen) atoms. The number of nitrogens with zero attached hydrogens (tertiary/aromatic N) is 3. The predicted octanol–water partition coefficient (Wildman–Crippen LogP) is 1.81. The molecule has 1 saturated heterocycles. The van der Waals surface area contributed by atoms with Gasteiger partial charge in [-0.3, -0.25) is 0 Å². The fourth-order valence-corrected chi connectivity index (χ4v) is 3.24. The average molecular weight is 269 g/mol. The van der Waals surface area contributed by atoms with Gasteiger partial charge in [0.1, 0.15) is 0 Å². The Balaban J connectivity index is 1.70. The molecule has 0 spiro atoms. The molecule has 0 saturated carbocycles. The second-order valence-corrected chi connectivity index (χ2v) is 5.41. The topological polar surface area (TPSA) is 45.1 Å². The van der Waals surface area contributed by atoms with E-state index in [1.165, 1.54) is 24.2 Å². The van der Waals surface area contributed by atoms with Crippen molar-refractivity contribution in [3.05, 3.63) is 36.7 Å². The quantitative estimate of drug-likeness (QED) is 0.873. The van der Waals surface area contributed by atoms with Gasteiger partial charge in [0.2, 0.25) is 0 Å². The molecule has 104 valence electrons. The van der Waals surface area contributed by atoms with Gasteiger partial charge in [0, 0.05) is 18.4 Å². The van der Waals surface area contributed by atoms with E-state index in [-0.39, 0.29) is 0 Å². The number of anilines is 2. The Hall–Kier alpha value is -2.01. The highest BCUT2D eigenvalue weighted by atomic mass is 15.3. The van der Waals surface area contributed by atoms with E-state index in [0.29, 0.717) is 6.04 Å². The Labute approximate surface area is 118 Å². The van der Waals surface area contributed by atoms with Gasteiger partial charge < -0.3 is 15.5 Å². The van der Waals surface area contributed by atoms with E-state index in [0.717, 1.165) is 25.4 Å². The molecule has 3 heterocycles. The maximum atomic E-state index is 4.35. The highest BCUT2D eigenvalue weighted by Gasteiger charge is 2.28. The minimum Gasteiger partial charge on any atom is -0.364 e. The van der Waals surface area contributed by atoms with E-state index in [4.69, 9.17) is 0 Å². The molecule has 5 heteroatoms. The average Bonchev–Trinajstić information content (AvgIpc) is 3.17. The first-order valence-electron chi connectivity index (χ1n) is 7.28. The molecule has 0 atom stereocenters. The number of nitrogens with one attached hydrogen (secondary N) is 2. The van der Waals surface area contributed by atoms with Crippen molar-refractivity contribution in [3.8, 4) is 5.69 Å². The van der Waals surface area contributed by atoms with Crippen LogP contribution < -0.4 is 15.5 Å². The van der Waals surface area contributed by atoms with E-state index in [9.17, 15) is 0 Å². The van der Waals surface area contributed by atoms with Crippen molar-refractivity contribution in [2.75, 3.05) is 30.0 Å². The molecule has 2 aliphatic rings. The highest BCUT2D eigenvalue weighted by Crippen LogP contribution is 2.38. The van der Waals surface area contributed by atoms with Gasteiger partial charge in [-0.25, -0.2) is 4.68 Å². The molecule has 4 rings (SSSR count). The first-order chi connectivity index (χ1) is 9.93. The Bertz CT molecular complexity index is 586. The van der Waals surface area contributed by atoms with Crippen LogP contribution in [0, 0.1) is 0 Å². The number of hydrogen-bond donors (Lipinski definition) is 2. The zero-order valence-corrected chi connectivity index (χ0v) is 11.4. The normalized spacial score (nSPS) is 18.9. The summed E-state index contributed by atoms with van der Waals surface area (Å²) in [5.74, 6) is 0. The first-order valence-corrected chi connectivity index (χ1v) is 7.28. The van der Waals surface area contributed by atoms with E-state index >= 15 is 0 Å². The smallest absolute Gasteiger partial charge is 0.0898 e. The molecular weight excluding hydrogens is 250 g/mol. The molecule has 2 aromatic rings. The Kier molecular flexibility index (Phi) is 2.85. The van der Waals surface area contributed by atoms with E-state index < -0.39 is 0 Å².